The predicted octanol–water partition coefficient (Wildman–Crippen LogP) is 1.89. The standard InChI is InChI=1S/C18H23N3O3/c22-12-18(8-5-13-3-1-2-4-15(13)18)19-11-16-20-17(24-21-16)14-6-9-23-10-7-14/h1-4,14,19,22H,5-12H2. The van der Waals surface area contributed by atoms with E-state index >= 15 is 0 Å². The zero-order chi connectivity index (χ0) is 16.4. The lowest BCUT2D eigenvalue weighted by molar-refractivity contribution is 0.0778. The van der Waals surface area contributed by atoms with E-state index in [1.807, 2.05) is 12.1 Å². The Hall–Kier alpha value is -1.76. The number of ether oxygens (including phenoxy) is 1. The molecule has 2 aliphatic rings. The summed E-state index contributed by atoms with van der Waals surface area (Å²) in [6.45, 7) is 2.06. The molecule has 2 N–H and O–H groups in total. The van der Waals surface area contributed by atoms with Gasteiger partial charge in [0.15, 0.2) is 5.82 Å². The van der Waals surface area contributed by atoms with Gasteiger partial charge in [0.1, 0.15) is 0 Å². The van der Waals surface area contributed by atoms with Crippen LogP contribution in [0.5, 0.6) is 0 Å². The molecule has 6 nitrogen and oxygen atoms in total. The molecule has 1 aliphatic carbocycles. The van der Waals surface area contributed by atoms with Crippen molar-refractivity contribution in [2.75, 3.05) is 19.8 Å². The Morgan fingerprint density at radius 1 is 1.25 bits per heavy atom. The number of nitrogens with zero attached hydrogens (tertiary/aromatic N) is 2. The van der Waals surface area contributed by atoms with E-state index in [4.69, 9.17) is 9.26 Å². The van der Waals surface area contributed by atoms with Gasteiger partial charge < -0.3 is 14.4 Å². The maximum absolute atomic E-state index is 10.0. The van der Waals surface area contributed by atoms with Crippen LogP contribution in [0.15, 0.2) is 28.8 Å². The number of benzene rings is 1. The maximum atomic E-state index is 10.0. The summed E-state index contributed by atoms with van der Waals surface area (Å²) in [7, 11) is 0. The molecule has 1 fully saturated rings. The molecule has 24 heavy (non-hydrogen) atoms. The highest BCUT2D eigenvalue weighted by Crippen LogP contribution is 2.36. The van der Waals surface area contributed by atoms with Crippen molar-refractivity contribution in [2.45, 2.75) is 43.7 Å². The van der Waals surface area contributed by atoms with Crippen molar-refractivity contribution in [1.29, 1.82) is 0 Å². The van der Waals surface area contributed by atoms with Crippen LogP contribution in [0.3, 0.4) is 0 Å². The van der Waals surface area contributed by atoms with Crippen LogP contribution in [-0.2, 0) is 23.2 Å². The molecule has 0 radical (unpaired) electrons. The summed E-state index contributed by atoms with van der Waals surface area (Å²) in [5, 5.41) is 17.6. The first-order valence-corrected chi connectivity index (χ1v) is 8.65. The maximum Gasteiger partial charge on any atom is 0.229 e. The second-order valence-corrected chi connectivity index (χ2v) is 6.69. The summed E-state index contributed by atoms with van der Waals surface area (Å²) in [6, 6.07) is 8.29. The van der Waals surface area contributed by atoms with Gasteiger partial charge in [-0.3, -0.25) is 5.32 Å². The molecule has 0 bridgehead atoms. The van der Waals surface area contributed by atoms with Crippen LogP contribution in [0.4, 0.5) is 0 Å². The first-order valence-electron chi connectivity index (χ1n) is 8.65. The Morgan fingerprint density at radius 2 is 2.08 bits per heavy atom. The first kappa shape index (κ1) is 15.7. The van der Waals surface area contributed by atoms with E-state index in [1.165, 1.54) is 11.1 Å². The topological polar surface area (TPSA) is 80.4 Å². The van der Waals surface area contributed by atoms with Gasteiger partial charge in [-0.15, -0.1) is 0 Å². The zero-order valence-electron chi connectivity index (χ0n) is 13.7. The molecular weight excluding hydrogens is 306 g/mol. The lowest BCUT2D eigenvalue weighted by Crippen LogP contribution is -2.43. The number of aliphatic hydroxyl groups excluding tert-OH is 1. The van der Waals surface area contributed by atoms with Gasteiger partial charge in [-0.1, -0.05) is 29.4 Å². The fourth-order valence-corrected chi connectivity index (χ4v) is 3.79. The Balaban J connectivity index is 1.46. The number of nitrogens with one attached hydrogen (secondary N) is 1. The van der Waals surface area contributed by atoms with Crippen molar-refractivity contribution in [1.82, 2.24) is 15.5 Å². The van der Waals surface area contributed by atoms with Crippen LogP contribution in [0, 0.1) is 0 Å². The summed E-state index contributed by atoms with van der Waals surface area (Å²) in [6.07, 6.45) is 3.73. The molecule has 1 saturated heterocycles. The third-order valence-corrected chi connectivity index (χ3v) is 5.26. The number of aliphatic hydroxyl groups is 1. The summed E-state index contributed by atoms with van der Waals surface area (Å²) in [4.78, 5) is 4.54. The average Bonchev–Trinajstić information content (AvgIpc) is 3.26. The molecule has 0 amide bonds. The van der Waals surface area contributed by atoms with Crippen molar-refractivity contribution in [3.05, 3.63) is 47.1 Å². The monoisotopic (exact) mass is 329 g/mol. The van der Waals surface area contributed by atoms with Crippen molar-refractivity contribution in [3.8, 4) is 0 Å². The number of hydrogen-bond donors (Lipinski definition) is 2. The quantitative estimate of drug-likeness (QED) is 0.872. The van der Waals surface area contributed by atoms with E-state index < -0.39 is 5.54 Å². The van der Waals surface area contributed by atoms with Gasteiger partial charge >= 0.3 is 0 Å². The SMILES string of the molecule is OCC1(NCc2noc(C3CCOCC3)n2)CCc2ccccc21. The van der Waals surface area contributed by atoms with Gasteiger partial charge in [0, 0.05) is 19.1 Å². The third-order valence-electron chi connectivity index (χ3n) is 5.26. The highest BCUT2D eigenvalue weighted by molar-refractivity contribution is 5.38. The van der Waals surface area contributed by atoms with E-state index in [2.05, 4.69) is 27.6 Å². The van der Waals surface area contributed by atoms with Gasteiger partial charge in [-0.2, -0.15) is 4.98 Å². The molecule has 2 heterocycles. The minimum atomic E-state index is -0.407. The summed E-state index contributed by atoms with van der Waals surface area (Å²) in [5.41, 5.74) is 2.08. The Morgan fingerprint density at radius 3 is 2.92 bits per heavy atom. The number of hydrogen-bond acceptors (Lipinski definition) is 6. The van der Waals surface area contributed by atoms with Gasteiger partial charge in [0.2, 0.25) is 5.89 Å². The lowest BCUT2D eigenvalue weighted by atomic mass is 9.92. The Bertz CT molecular complexity index is 696. The fourth-order valence-electron chi connectivity index (χ4n) is 3.79. The second kappa shape index (κ2) is 6.63. The minimum Gasteiger partial charge on any atom is -0.394 e. The minimum absolute atomic E-state index is 0.0642. The molecule has 1 aromatic heterocycles. The lowest BCUT2D eigenvalue weighted by Gasteiger charge is -2.29. The smallest absolute Gasteiger partial charge is 0.229 e. The van der Waals surface area contributed by atoms with Crippen LogP contribution < -0.4 is 5.32 Å². The normalized spacial score (nSPS) is 24.2. The number of rotatable bonds is 5. The number of fused-ring (bicyclic) bond motifs is 1. The molecule has 4 rings (SSSR count). The second-order valence-electron chi connectivity index (χ2n) is 6.69. The van der Waals surface area contributed by atoms with Crippen molar-refractivity contribution < 1.29 is 14.4 Å². The molecule has 0 spiro atoms. The fraction of sp³-hybridized carbons (Fsp3) is 0.556. The summed E-state index contributed by atoms with van der Waals surface area (Å²) < 4.78 is 10.8. The van der Waals surface area contributed by atoms with Crippen LogP contribution in [0.2, 0.25) is 0 Å². The highest BCUT2D eigenvalue weighted by atomic mass is 16.5. The van der Waals surface area contributed by atoms with Crippen LogP contribution in [-0.4, -0.2) is 35.1 Å². The first-order chi connectivity index (χ1) is 11.8. The molecule has 0 saturated carbocycles. The third kappa shape index (κ3) is 2.85. The molecule has 2 aromatic rings. The van der Waals surface area contributed by atoms with Crippen LogP contribution in [0.1, 0.15) is 48.0 Å². The molecule has 1 aromatic carbocycles. The van der Waals surface area contributed by atoms with E-state index in [1.54, 1.807) is 0 Å². The molecule has 128 valence electrons. The predicted molar refractivity (Wildman–Crippen MR) is 87.5 cm³/mol. The molecule has 6 heteroatoms. The Kier molecular flexibility index (Phi) is 4.35. The molecule has 1 aliphatic heterocycles. The van der Waals surface area contributed by atoms with Crippen molar-refractivity contribution in [3.63, 3.8) is 0 Å². The van der Waals surface area contributed by atoms with Gasteiger partial charge in [0.05, 0.1) is 18.7 Å². The van der Waals surface area contributed by atoms with Crippen LogP contribution in [0.25, 0.3) is 0 Å². The molecule has 1 atom stereocenters. The van der Waals surface area contributed by atoms with E-state index in [0.717, 1.165) is 38.9 Å². The molecular formula is C18H23N3O3. The summed E-state index contributed by atoms with van der Waals surface area (Å²) >= 11 is 0. The van der Waals surface area contributed by atoms with Crippen LogP contribution >= 0.6 is 0 Å². The van der Waals surface area contributed by atoms with Gasteiger partial charge in [-0.25, -0.2) is 0 Å². The van der Waals surface area contributed by atoms with E-state index in [9.17, 15) is 5.11 Å². The van der Waals surface area contributed by atoms with Crippen molar-refractivity contribution in [2.24, 2.45) is 0 Å². The number of aromatic nitrogens is 2. The number of aryl methyl sites for hydroxylation is 1. The molecule has 1 unspecified atom stereocenters. The average molecular weight is 329 g/mol. The Labute approximate surface area is 141 Å². The van der Waals surface area contributed by atoms with Gasteiger partial charge in [0.25, 0.3) is 0 Å². The zero-order valence-corrected chi connectivity index (χ0v) is 13.7. The summed E-state index contributed by atoms with van der Waals surface area (Å²) in [5.74, 6) is 1.66. The van der Waals surface area contributed by atoms with Gasteiger partial charge in [-0.05, 0) is 36.8 Å². The highest BCUT2D eigenvalue weighted by Gasteiger charge is 2.37. The largest absolute Gasteiger partial charge is 0.394 e. The van der Waals surface area contributed by atoms with Crippen molar-refractivity contribution >= 4 is 0 Å². The van der Waals surface area contributed by atoms with E-state index in [0.29, 0.717) is 24.2 Å². The van der Waals surface area contributed by atoms with E-state index in [-0.39, 0.29) is 6.61 Å².